The van der Waals surface area contributed by atoms with Gasteiger partial charge in [-0.05, 0) is 72.9 Å². The number of nitrogens with zero attached hydrogens (tertiary/aromatic N) is 1. The third kappa shape index (κ3) is 7.67. The number of amides is 3. The van der Waals surface area contributed by atoms with Gasteiger partial charge in [-0.25, -0.2) is 14.1 Å². The molecule has 1 fully saturated rings. The molecule has 4 aromatic rings. The number of halogens is 1. The van der Waals surface area contributed by atoms with Crippen LogP contribution in [0.4, 0.5) is 9.18 Å². The van der Waals surface area contributed by atoms with Gasteiger partial charge in [0.2, 0.25) is 5.91 Å². The SMILES string of the molecule is CCC(Cc1ccc(OC)c(C(=O)NCc2ccccc2Oc2ccc(F)cc2)c1)C(=O)N1C(=O)OCC1Cc1ccccc1. The number of nitrogens with one attached hydrogen (secondary N) is 1. The number of cyclic esters (lactones) is 1. The van der Waals surface area contributed by atoms with E-state index in [1.54, 1.807) is 18.2 Å². The molecule has 9 heteroatoms. The quantitative estimate of drug-likeness (QED) is 0.192. The Labute approximate surface area is 261 Å². The van der Waals surface area contributed by atoms with Crippen molar-refractivity contribution in [3.8, 4) is 17.2 Å². The van der Waals surface area contributed by atoms with Crippen LogP contribution in [0.1, 0.15) is 40.4 Å². The first-order valence-electron chi connectivity index (χ1n) is 14.9. The number of hydrogen-bond acceptors (Lipinski definition) is 6. The van der Waals surface area contributed by atoms with E-state index >= 15 is 0 Å². The Balaban J connectivity index is 1.28. The molecule has 0 radical (unpaired) electrons. The lowest BCUT2D eigenvalue weighted by atomic mass is 9.93. The molecule has 1 aliphatic heterocycles. The molecule has 0 spiro atoms. The first-order chi connectivity index (χ1) is 21.9. The number of para-hydroxylation sites is 1. The van der Waals surface area contributed by atoms with E-state index in [4.69, 9.17) is 14.2 Å². The Morgan fingerprint density at radius 3 is 2.42 bits per heavy atom. The molecule has 0 aliphatic carbocycles. The molecule has 2 unspecified atom stereocenters. The van der Waals surface area contributed by atoms with E-state index in [0.29, 0.717) is 42.1 Å². The smallest absolute Gasteiger partial charge is 0.416 e. The molecule has 4 aromatic carbocycles. The number of ether oxygens (including phenoxy) is 3. The normalized spacial score (nSPS) is 14.9. The van der Waals surface area contributed by atoms with Crippen LogP contribution in [0.5, 0.6) is 17.2 Å². The summed E-state index contributed by atoms with van der Waals surface area (Å²) in [7, 11) is 1.49. The summed E-state index contributed by atoms with van der Waals surface area (Å²) in [4.78, 5) is 41.0. The zero-order chi connectivity index (χ0) is 31.8. The van der Waals surface area contributed by atoms with E-state index in [1.165, 1.54) is 36.3 Å². The highest BCUT2D eigenvalue weighted by Crippen LogP contribution is 2.28. The molecular weight excluding hydrogens is 575 g/mol. The number of hydrogen-bond donors (Lipinski definition) is 1. The van der Waals surface area contributed by atoms with Gasteiger partial charge in [-0.2, -0.15) is 0 Å². The summed E-state index contributed by atoms with van der Waals surface area (Å²) >= 11 is 0. The van der Waals surface area contributed by atoms with Crippen LogP contribution >= 0.6 is 0 Å². The zero-order valence-electron chi connectivity index (χ0n) is 25.2. The summed E-state index contributed by atoms with van der Waals surface area (Å²) in [5, 5.41) is 2.93. The van der Waals surface area contributed by atoms with Crippen LogP contribution in [0.25, 0.3) is 0 Å². The van der Waals surface area contributed by atoms with Crippen LogP contribution in [0.3, 0.4) is 0 Å². The lowest BCUT2D eigenvalue weighted by molar-refractivity contribution is -0.133. The molecule has 3 amide bonds. The van der Waals surface area contributed by atoms with Crippen LogP contribution < -0.4 is 14.8 Å². The van der Waals surface area contributed by atoms with E-state index < -0.39 is 12.0 Å². The summed E-state index contributed by atoms with van der Waals surface area (Å²) in [6.07, 6.45) is 0.715. The topological polar surface area (TPSA) is 94.2 Å². The highest BCUT2D eigenvalue weighted by molar-refractivity contribution is 5.97. The zero-order valence-corrected chi connectivity index (χ0v) is 25.2. The molecule has 1 aliphatic rings. The van der Waals surface area contributed by atoms with Gasteiger partial charge in [0.1, 0.15) is 29.7 Å². The van der Waals surface area contributed by atoms with Crippen molar-refractivity contribution in [1.29, 1.82) is 0 Å². The van der Waals surface area contributed by atoms with Gasteiger partial charge in [-0.1, -0.05) is 61.5 Å². The predicted molar refractivity (Wildman–Crippen MR) is 167 cm³/mol. The number of carbonyl (C=O) groups is 3. The molecule has 1 saturated heterocycles. The van der Waals surface area contributed by atoms with Crippen molar-refractivity contribution in [3.05, 3.63) is 125 Å². The standard InChI is InChI=1S/C36H35FN2O6/c1-3-26(35(41)39-29(23-44-36(39)42)20-24-9-5-4-6-10-24)19-25-13-18-33(43-2)31(21-25)34(40)38-22-27-11-7-8-12-32(27)45-30-16-14-28(37)15-17-30/h4-18,21,26,29H,3,19-20,22-23H2,1-2H3,(H,38,40). The molecule has 2 atom stereocenters. The third-order valence-electron chi connectivity index (χ3n) is 7.80. The van der Waals surface area contributed by atoms with Crippen molar-refractivity contribution >= 4 is 17.9 Å². The largest absolute Gasteiger partial charge is 0.496 e. The first-order valence-corrected chi connectivity index (χ1v) is 14.9. The summed E-state index contributed by atoms with van der Waals surface area (Å²) in [5.74, 6) is -0.124. The van der Waals surface area contributed by atoms with Crippen molar-refractivity contribution in [1.82, 2.24) is 10.2 Å². The van der Waals surface area contributed by atoms with Gasteiger partial charge in [-0.3, -0.25) is 9.59 Å². The van der Waals surface area contributed by atoms with Crippen molar-refractivity contribution in [2.24, 2.45) is 5.92 Å². The molecule has 232 valence electrons. The van der Waals surface area contributed by atoms with Crippen molar-refractivity contribution in [2.75, 3.05) is 13.7 Å². The van der Waals surface area contributed by atoms with Gasteiger partial charge in [0, 0.05) is 18.0 Å². The van der Waals surface area contributed by atoms with Crippen LogP contribution in [-0.4, -0.2) is 42.6 Å². The lowest BCUT2D eigenvalue weighted by Crippen LogP contribution is -2.44. The molecule has 0 aromatic heterocycles. The molecule has 1 heterocycles. The van der Waals surface area contributed by atoms with E-state index in [-0.39, 0.29) is 36.8 Å². The molecule has 0 bridgehead atoms. The Morgan fingerprint density at radius 2 is 1.69 bits per heavy atom. The molecule has 1 N–H and O–H groups in total. The number of rotatable bonds is 12. The van der Waals surface area contributed by atoms with Crippen molar-refractivity contribution in [2.45, 2.75) is 38.8 Å². The Bertz CT molecular complexity index is 1640. The highest BCUT2D eigenvalue weighted by Gasteiger charge is 2.40. The van der Waals surface area contributed by atoms with E-state index in [0.717, 1.165) is 16.7 Å². The average molecular weight is 611 g/mol. The molecule has 8 nitrogen and oxygen atoms in total. The second kappa shape index (κ2) is 14.5. The second-order valence-corrected chi connectivity index (χ2v) is 10.8. The Hall–Kier alpha value is -5.18. The second-order valence-electron chi connectivity index (χ2n) is 10.8. The summed E-state index contributed by atoms with van der Waals surface area (Å²) in [5.41, 5.74) is 2.82. The summed E-state index contributed by atoms with van der Waals surface area (Å²) < 4.78 is 30.0. The lowest BCUT2D eigenvalue weighted by Gasteiger charge is -2.24. The fraction of sp³-hybridized carbons (Fsp3) is 0.250. The average Bonchev–Trinajstić information content (AvgIpc) is 3.43. The van der Waals surface area contributed by atoms with Gasteiger partial charge >= 0.3 is 6.09 Å². The van der Waals surface area contributed by atoms with E-state index in [2.05, 4.69) is 5.32 Å². The maximum atomic E-state index is 13.7. The molecule has 0 saturated carbocycles. The first kappa shape index (κ1) is 31.3. The molecule has 5 rings (SSSR count). The Morgan fingerprint density at radius 1 is 0.956 bits per heavy atom. The number of methoxy groups -OCH3 is 1. The summed E-state index contributed by atoms with van der Waals surface area (Å²) in [6.45, 7) is 2.22. The van der Waals surface area contributed by atoms with Crippen molar-refractivity contribution in [3.63, 3.8) is 0 Å². The number of benzene rings is 4. The number of carbonyl (C=O) groups excluding carboxylic acids is 3. The van der Waals surface area contributed by atoms with Crippen LogP contribution in [0, 0.1) is 11.7 Å². The summed E-state index contributed by atoms with van der Waals surface area (Å²) in [6, 6.07) is 27.5. The monoisotopic (exact) mass is 610 g/mol. The molecular formula is C36H35FN2O6. The van der Waals surface area contributed by atoms with Crippen LogP contribution in [-0.2, 0) is 28.9 Å². The fourth-order valence-corrected chi connectivity index (χ4v) is 5.36. The van der Waals surface area contributed by atoms with Crippen LogP contribution in [0.2, 0.25) is 0 Å². The van der Waals surface area contributed by atoms with Gasteiger partial charge in [0.25, 0.3) is 5.91 Å². The minimum atomic E-state index is -0.627. The maximum absolute atomic E-state index is 13.7. The van der Waals surface area contributed by atoms with E-state index in [9.17, 15) is 18.8 Å². The van der Waals surface area contributed by atoms with Gasteiger partial charge in [-0.15, -0.1) is 0 Å². The minimum absolute atomic E-state index is 0.154. The third-order valence-corrected chi connectivity index (χ3v) is 7.80. The highest BCUT2D eigenvalue weighted by atomic mass is 19.1. The molecule has 45 heavy (non-hydrogen) atoms. The van der Waals surface area contributed by atoms with Gasteiger partial charge in [0.05, 0.1) is 18.7 Å². The maximum Gasteiger partial charge on any atom is 0.416 e. The number of imide groups is 1. The Kier molecular flexibility index (Phi) is 10.1. The predicted octanol–water partition coefficient (Wildman–Crippen LogP) is 6.72. The minimum Gasteiger partial charge on any atom is -0.496 e. The fourth-order valence-electron chi connectivity index (χ4n) is 5.36. The van der Waals surface area contributed by atoms with Gasteiger partial charge in [0.15, 0.2) is 0 Å². The van der Waals surface area contributed by atoms with Crippen LogP contribution in [0.15, 0.2) is 97.1 Å². The van der Waals surface area contributed by atoms with Crippen molar-refractivity contribution < 1.29 is 33.0 Å². The van der Waals surface area contributed by atoms with E-state index in [1.807, 2.05) is 61.5 Å². The van der Waals surface area contributed by atoms with Gasteiger partial charge < -0.3 is 19.5 Å².